The van der Waals surface area contributed by atoms with Crippen molar-refractivity contribution in [2.75, 3.05) is 25.1 Å². The SMILES string of the molecule is CC[C@@H](C(=O)NC(C)C)N(Cc1ccc(Cl)cc1Cl)C(=O)CN(c1ccc(OC)c(OC)c1)S(=O)(=O)c1ccccc1. The number of hydrogen-bond donors (Lipinski definition) is 1. The molecule has 0 aliphatic rings. The third-order valence-corrected chi connectivity index (χ3v) is 8.81. The lowest BCUT2D eigenvalue weighted by molar-refractivity contribution is -0.140. The Balaban J connectivity index is 2.13. The second kappa shape index (κ2) is 14.6. The number of sulfonamides is 1. The molecule has 0 fully saturated rings. The van der Waals surface area contributed by atoms with E-state index in [-0.39, 0.29) is 41.2 Å². The molecule has 0 aliphatic heterocycles. The Morgan fingerprint density at radius 2 is 1.60 bits per heavy atom. The number of anilines is 1. The van der Waals surface area contributed by atoms with Gasteiger partial charge in [0.2, 0.25) is 11.8 Å². The third kappa shape index (κ3) is 7.87. The molecule has 0 unspecified atom stereocenters. The molecular formula is C30H35Cl2N3O6S. The van der Waals surface area contributed by atoms with Gasteiger partial charge in [-0.1, -0.05) is 54.4 Å². The molecular weight excluding hydrogens is 601 g/mol. The summed E-state index contributed by atoms with van der Waals surface area (Å²) in [7, 11) is -1.35. The Hall–Kier alpha value is -3.47. The third-order valence-electron chi connectivity index (χ3n) is 6.44. The van der Waals surface area contributed by atoms with Crippen molar-refractivity contribution in [3.63, 3.8) is 0 Å². The quantitative estimate of drug-likeness (QED) is 0.264. The second-order valence-electron chi connectivity index (χ2n) is 9.71. The van der Waals surface area contributed by atoms with Crippen LogP contribution in [-0.2, 0) is 26.2 Å². The number of hydrogen-bond acceptors (Lipinski definition) is 6. The van der Waals surface area contributed by atoms with E-state index in [4.69, 9.17) is 32.7 Å². The van der Waals surface area contributed by atoms with Gasteiger partial charge in [0.25, 0.3) is 10.0 Å². The second-order valence-corrected chi connectivity index (χ2v) is 12.4. The molecule has 0 saturated heterocycles. The Morgan fingerprint density at radius 3 is 2.17 bits per heavy atom. The maximum Gasteiger partial charge on any atom is 0.264 e. The number of nitrogens with zero attached hydrogens (tertiary/aromatic N) is 2. The summed E-state index contributed by atoms with van der Waals surface area (Å²) in [5.74, 6) is -0.307. The summed E-state index contributed by atoms with van der Waals surface area (Å²) >= 11 is 12.5. The maximum atomic E-state index is 14.2. The molecule has 0 saturated carbocycles. The number of amides is 2. The lowest BCUT2D eigenvalue weighted by Crippen LogP contribution is -2.53. The molecule has 3 aromatic carbocycles. The van der Waals surface area contributed by atoms with Gasteiger partial charge in [0, 0.05) is 28.7 Å². The monoisotopic (exact) mass is 635 g/mol. The fourth-order valence-corrected chi connectivity index (χ4v) is 6.26. The van der Waals surface area contributed by atoms with Gasteiger partial charge in [0.05, 0.1) is 24.8 Å². The van der Waals surface area contributed by atoms with Crippen LogP contribution in [0.4, 0.5) is 5.69 Å². The van der Waals surface area contributed by atoms with E-state index in [2.05, 4.69) is 5.32 Å². The first-order valence-electron chi connectivity index (χ1n) is 13.3. The van der Waals surface area contributed by atoms with Gasteiger partial charge in [-0.25, -0.2) is 8.42 Å². The fourth-order valence-electron chi connectivity index (χ4n) is 4.36. The van der Waals surface area contributed by atoms with Crippen molar-refractivity contribution in [2.45, 2.75) is 50.7 Å². The predicted octanol–water partition coefficient (Wildman–Crippen LogP) is 5.54. The Morgan fingerprint density at radius 1 is 0.929 bits per heavy atom. The number of carbonyl (C=O) groups is 2. The Kier molecular flexibility index (Phi) is 11.5. The molecule has 3 rings (SSSR count). The van der Waals surface area contributed by atoms with Crippen LogP contribution in [0.3, 0.4) is 0 Å². The van der Waals surface area contributed by atoms with Gasteiger partial charge in [-0.15, -0.1) is 0 Å². The zero-order valence-corrected chi connectivity index (χ0v) is 26.5. The molecule has 9 nitrogen and oxygen atoms in total. The van der Waals surface area contributed by atoms with E-state index in [9.17, 15) is 18.0 Å². The van der Waals surface area contributed by atoms with E-state index in [1.807, 2.05) is 13.8 Å². The van der Waals surface area contributed by atoms with Gasteiger partial charge in [0.15, 0.2) is 11.5 Å². The number of nitrogens with one attached hydrogen (secondary N) is 1. The van der Waals surface area contributed by atoms with Crippen LogP contribution >= 0.6 is 23.2 Å². The summed E-state index contributed by atoms with van der Waals surface area (Å²) in [5, 5.41) is 3.59. The molecule has 0 bridgehead atoms. The molecule has 0 aliphatic carbocycles. The number of rotatable bonds is 13. The molecule has 226 valence electrons. The van der Waals surface area contributed by atoms with Crippen LogP contribution in [0, 0.1) is 0 Å². The highest BCUT2D eigenvalue weighted by molar-refractivity contribution is 7.92. The zero-order valence-electron chi connectivity index (χ0n) is 24.1. The molecule has 42 heavy (non-hydrogen) atoms. The van der Waals surface area contributed by atoms with E-state index in [1.54, 1.807) is 49.4 Å². The van der Waals surface area contributed by atoms with Gasteiger partial charge >= 0.3 is 0 Å². The minimum Gasteiger partial charge on any atom is -0.493 e. The first-order valence-corrected chi connectivity index (χ1v) is 15.5. The topological polar surface area (TPSA) is 105 Å². The van der Waals surface area contributed by atoms with E-state index in [0.29, 0.717) is 21.4 Å². The number of benzene rings is 3. The maximum absolute atomic E-state index is 14.2. The van der Waals surface area contributed by atoms with E-state index >= 15 is 0 Å². The molecule has 1 N–H and O–H groups in total. The number of methoxy groups -OCH3 is 2. The highest BCUT2D eigenvalue weighted by Gasteiger charge is 2.34. The van der Waals surface area contributed by atoms with Crippen LogP contribution in [-0.4, -0.2) is 58.0 Å². The fraction of sp³-hybridized carbons (Fsp3) is 0.333. The first-order chi connectivity index (χ1) is 19.9. The van der Waals surface area contributed by atoms with Crippen molar-refractivity contribution < 1.29 is 27.5 Å². The molecule has 1 atom stereocenters. The van der Waals surface area contributed by atoms with Crippen molar-refractivity contribution in [1.82, 2.24) is 10.2 Å². The minimum atomic E-state index is -4.24. The van der Waals surface area contributed by atoms with Crippen molar-refractivity contribution in [1.29, 1.82) is 0 Å². The zero-order chi connectivity index (χ0) is 31.0. The van der Waals surface area contributed by atoms with E-state index < -0.39 is 28.5 Å². The lowest BCUT2D eigenvalue weighted by Gasteiger charge is -2.33. The summed E-state index contributed by atoms with van der Waals surface area (Å²) in [4.78, 5) is 28.8. The standard InChI is InChI=1S/C30H35Cl2N3O6S/c1-6-26(30(37)33-20(2)3)34(18-21-12-13-22(31)16-25(21)32)29(36)19-35(42(38,39)24-10-8-7-9-11-24)23-14-15-27(40-4)28(17-23)41-5/h7-17,20,26H,6,18-19H2,1-5H3,(H,33,37)/t26-/m0/s1. The highest BCUT2D eigenvalue weighted by atomic mass is 35.5. The summed E-state index contributed by atoms with van der Waals surface area (Å²) in [6.45, 7) is 4.75. The van der Waals surface area contributed by atoms with Crippen LogP contribution in [0.5, 0.6) is 11.5 Å². The molecule has 2 amide bonds. The smallest absolute Gasteiger partial charge is 0.264 e. The Bertz CT molecular complexity index is 1500. The van der Waals surface area contributed by atoms with Gasteiger partial charge in [0.1, 0.15) is 12.6 Å². The number of ether oxygens (including phenoxy) is 2. The number of halogens is 2. The van der Waals surface area contributed by atoms with Crippen molar-refractivity contribution in [3.05, 3.63) is 82.3 Å². The average Bonchev–Trinajstić information content (AvgIpc) is 2.96. The summed E-state index contributed by atoms with van der Waals surface area (Å²) in [6.07, 6.45) is 0.275. The lowest BCUT2D eigenvalue weighted by atomic mass is 10.1. The van der Waals surface area contributed by atoms with Gasteiger partial charge in [-0.05, 0) is 62.2 Å². The van der Waals surface area contributed by atoms with Crippen LogP contribution in [0.2, 0.25) is 10.0 Å². The molecule has 0 spiro atoms. The largest absolute Gasteiger partial charge is 0.493 e. The van der Waals surface area contributed by atoms with Crippen molar-refractivity contribution in [3.8, 4) is 11.5 Å². The van der Waals surface area contributed by atoms with E-state index in [0.717, 1.165) is 4.31 Å². The van der Waals surface area contributed by atoms with Crippen LogP contribution in [0.15, 0.2) is 71.6 Å². The molecule has 0 radical (unpaired) electrons. The summed E-state index contributed by atoms with van der Waals surface area (Å²) < 4.78 is 39.7. The number of carbonyl (C=O) groups excluding carboxylic acids is 2. The van der Waals surface area contributed by atoms with E-state index in [1.165, 1.54) is 43.4 Å². The van der Waals surface area contributed by atoms with Crippen molar-refractivity contribution in [2.24, 2.45) is 0 Å². The summed E-state index contributed by atoms with van der Waals surface area (Å²) in [6, 6.07) is 16.1. The van der Waals surface area contributed by atoms with Crippen LogP contribution in [0.1, 0.15) is 32.8 Å². The van der Waals surface area contributed by atoms with Crippen LogP contribution < -0.4 is 19.1 Å². The molecule has 3 aromatic rings. The Labute approximate surface area is 257 Å². The minimum absolute atomic E-state index is 0.00975. The van der Waals surface area contributed by atoms with Gasteiger partial charge < -0.3 is 19.7 Å². The molecule has 0 heterocycles. The highest BCUT2D eigenvalue weighted by Crippen LogP contribution is 2.34. The normalized spacial score (nSPS) is 12.0. The van der Waals surface area contributed by atoms with Gasteiger partial charge in [-0.3, -0.25) is 13.9 Å². The predicted molar refractivity (Wildman–Crippen MR) is 165 cm³/mol. The first kappa shape index (κ1) is 33.0. The molecule has 0 aromatic heterocycles. The van der Waals surface area contributed by atoms with Crippen LogP contribution in [0.25, 0.3) is 0 Å². The molecule has 12 heteroatoms. The summed E-state index contributed by atoms with van der Waals surface area (Å²) in [5.41, 5.74) is 0.725. The average molecular weight is 637 g/mol. The van der Waals surface area contributed by atoms with Crippen molar-refractivity contribution >= 4 is 50.7 Å². The van der Waals surface area contributed by atoms with Gasteiger partial charge in [-0.2, -0.15) is 0 Å².